The molecule has 5 nitrogen and oxygen atoms in total. The van der Waals surface area contributed by atoms with E-state index in [9.17, 15) is 9.59 Å². The number of thiophene rings is 1. The zero-order valence-corrected chi connectivity index (χ0v) is 10.4. The molecule has 0 spiro atoms. The second-order valence-corrected chi connectivity index (χ2v) is 4.36. The van der Waals surface area contributed by atoms with E-state index < -0.39 is 5.97 Å². The van der Waals surface area contributed by atoms with Gasteiger partial charge in [0.25, 0.3) is 5.91 Å². The van der Waals surface area contributed by atoms with Gasteiger partial charge in [0, 0.05) is 19.8 Å². The van der Waals surface area contributed by atoms with E-state index in [0.717, 1.165) is 17.8 Å². The largest absolute Gasteiger partial charge is 0.477 e. The molecule has 0 aliphatic heterocycles. The van der Waals surface area contributed by atoms with Crippen LogP contribution in [-0.4, -0.2) is 36.7 Å². The number of carboxylic acid groups (broad SMARTS) is 1. The summed E-state index contributed by atoms with van der Waals surface area (Å²) in [7, 11) is 0. The number of carboxylic acids is 1. The first-order valence-corrected chi connectivity index (χ1v) is 6.16. The standard InChI is InChI=1S/C11H15NO4S/c1-2-16-7-3-6-12-10(13)8-4-5-9(17-8)11(14)15/h4-5H,2-3,6-7H2,1H3,(H,12,13)(H,14,15). The number of rotatable bonds is 7. The number of hydrogen-bond acceptors (Lipinski definition) is 4. The molecular weight excluding hydrogens is 242 g/mol. The molecule has 94 valence electrons. The second-order valence-electron chi connectivity index (χ2n) is 3.28. The molecule has 1 heterocycles. The quantitative estimate of drug-likeness (QED) is 0.727. The van der Waals surface area contributed by atoms with Crippen LogP contribution in [0.3, 0.4) is 0 Å². The average Bonchev–Trinajstić information content (AvgIpc) is 2.78. The van der Waals surface area contributed by atoms with E-state index in [1.807, 2.05) is 6.92 Å². The Morgan fingerprint density at radius 1 is 1.41 bits per heavy atom. The first-order valence-electron chi connectivity index (χ1n) is 5.34. The van der Waals surface area contributed by atoms with E-state index in [1.165, 1.54) is 12.1 Å². The van der Waals surface area contributed by atoms with Crippen LogP contribution in [0.5, 0.6) is 0 Å². The van der Waals surface area contributed by atoms with E-state index in [-0.39, 0.29) is 10.8 Å². The minimum Gasteiger partial charge on any atom is -0.477 e. The molecular formula is C11H15NO4S. The number of ether oxygens (including phenoxy) is 1. The minimum absolute atomic E-state index is 0.171. The van der Waals surface area contributed by atoms with Crippen LogP contribution in [-0.2, 0) is 4.74 Å². The highest BCUT2D eigenvalue weighted by Crippen LogP contribution is 2.15. The SMILES string of the molecule is CCOCCCNC(=O)c1ccc(C(=O)O)s1. The van der Waals surface area contributed by atoms with Crippen LogP contribution in [0.1, 0.15) is 32.7 Å². The molecule has 6 heteroatoms. The minimum atomic E-state index is -1.01. The van der Waals surface area contributed by atoms with Crippen LogP contribution in [0.4, 0.5) is 0 Å². The highest BCUT2D eigenvalue weighted by atomic mass is 32.1. The molecule has 0 aliphatic carbocycles. The van der Waals surface area contributed by atoms with Gasteiger partial charge in [0.2, 0.25) is 0 Å². The fourth-order valence-corrected chi connectivity index (χ4v) is 1.94. The summed E-state index contributed by atoms with van der Waals surface area (Å²) in [5, 5.41) is 11.4. The Morgan fingerprint density at radius 3 is 2.71 bits per heavy atom. The van der Waals surface area contributed by atoms with E-state index in [2.05, 4.69) is 5.32 Å². The third kappa shape index (κ3) is 4.54. The fourth-order valence-electron chi connectivity index (χ4n) is 1.18. The molecule has 1 aromatic heterocycles. The molecule has 0 radical (unpaired) electrons. The number of nitrogens with one attached hydrogen (secondary N) is 1. The van der Waals surface area contributed by atoms with Crippen molar-refractivity contribution in [2.24, 2.45) is 0 Å². The molecule has 0 saturated carbocycles. The van der Waals surface area contributed by atoms with Crippen LogP contribution >= 0.6 is 11.3 Å². The van der Waals surface area contributed by atoms with Gasteiger partial charge in [0.1, 0.15) is 4.88 Å². The van der Waals surface area contributed by atoms with Crippen molar-refractivity contribution in [3.8, 4) is 0 Å². The van der Waals surface area contributed by atoms with Gasteiger partial charge in [-0.2, -0.15) is 0 Å². The maximum absolute atomic E-state index is 11.6. The maximum atomic E-state index is 11.6. The lowest BCUT2D eigenvalue weighted by molar-refractivity contribution is 0.0702. The Labute approximate surface area is 103 Å². The number of carbonyl (C=O) groups is 2. The summed E-state index contributed by atoms with van der Waals surface area (Å²) in [6.07, 6.45) is 0.747. The van der Waals surface area contributed by atoms with Crippen molar-refractivity contribution in [1.29, 1.82) is 0 Å². The Balaban J connectivity index is 2.34. The third-order valence-electron chi connectivity index (χ3n) is 2.00. The Kier molecular flexibility index (Phi) is 5.65. The smallest absolute Gasteiger partial charge is 0.345 e. The monoisotopic (exact) mass is 257 g/mol. The number of carbonyl (C=O) groups excluding carboxylic acids is 1. The Hall–Kier alpha value is -1.40. The lowest BCUT2D eigenvalue weighted by atomic mass is 10.4. The van der Waals surface area contributed by atoms with Crippen LogP contribution in [0.25, 0.3) is 0 Å². The number of hydrogen-bond donors (Lipinski definition) is 2. The van der Waals surface area contributed by atoms with E-state index >= 15 is 0 Å². The fraction of sp³-hybridized carbons (Fsp3) is 0.455. The molecule has 17 heavy (non-hydrogen) atoms. The Morgan fingerprint density at radius 2 is 2.12 bits per heavy atom. The van der Waals surface area contributed by atoms with Crippen LogP contribution in [0, 0.1) is 0 Å². The van der Waals surface area contributed by atoms with E-state index in [4.69, 9.17) is 9.84 Å². The molecule has 0 fully saturated rings. The lowest BCUT2D eigenvalue weighted by Crippen LogP contribution is -2.24. The topological polar surface area (TPSA) is 75.6 Å². The van der Waals surface area contributed by atoms with Crippen LogP contribution < -0.4 is 5.32 Å². The first kappa shape index (κ1) is 13.7. The average molecular weight is 257 g/mol. The third-order valence-corrected chi connectivity index (χ3v) is 3.07. The van der Waals surface area contributed by atoms with Gasteiger partial charge in [-0.25, -0.2) is 4.79 Å². The zero-order chi connectivity index (χ0) is 12.7. The molecule has 0 aliphatic rings. The van der Waals surface area contributed by atoms with Gasteiger partial charge in [-0.05, 0) is 25.5 Å². The van der Waals surface area contributed by atoms with Crippen molar-refractivity contribution in [2.75, 3.05) is 19.8 Å². The highest BCUT2D eigenvalue weighted by Gasteiger charge is 2.11. The maximum Gasteiger partial charge on any atom is 0.345 e. The highest BCUT2D eigenvalue weighted by molar-refractivity contribution is 7.15. The summed E-state index contributed by atoms with van der Waals surface area (Å²) in [4.78, 5) is 22.8. The lowest BCUT2D eigenvalue weighted by Gasteiger charge is -2.03. The molecule has 0 atom stereocenters. The van der Waals surface area contributed by atoms with E-state index in [0.29, 0.717) is 24.6 Å². The van der Waals surface area contributed by atoms with Crippen molar-refractivity contribution in [3.63, 3.8) is 0 Å². The number of amides is 1. The van der Waals surface area contributed by atoms with Gasteiger partial charge >= 0.3 is 5.97 Å². The van der Waals surface area contributed by atoms with Crippen molar-refractivity contribution in [1.82, 2.24) is 5.32 Å². The molecule has 0 saturated heterocycles. The molecule has 1 rings (SSSR count). The van der Waals surface area contributed by atoms with Crippen LogP contribution in [0.2, 0.25) is 0 Å². The van der Waals surface area contributed by atoms with Gasteiger partial charge < -0.3 is 15.2 Å². The van der Waals surface area contributed by atoms with Crippen molar-refractivity contribution < 1.29 is 19.4 Å². The van der Waals surface area contributed by atoms with Gasteiger partial charge in [-0.3, -0.25) is 4.79 Å². The summed E-state index contributed by atoms with van der Waals surface area (Å²) in [5.74, 6) is -1.25. The Bertz CT molecular complexity index is 389. The summed E-state index contributed by atoms with van der Waals surface area (Å²) >= 11 is 0.975. The molecule has 0 bridgehead atoms. The van der Waals surface area contributed by atoms with Crippen LogP contribution in [0.15, 0.2) is 12.1 Å². The molecule has 1 aromatic rings. The predicted octanol–water partition coefficient (Wildman–Crippen LogP) is 1.60. The number of aromatic carboxylic acids is 1. The van der Waals surface area contributed by atoms with Crippen molar-refractivity contribution in [3.05, 3.63) is 21.9 Å². The molecule has 2 N–H and O–H groups in total. The summed E-state index contributed by atoms with van der Waals surface area (Å²) in [6, 6.07) is 2.95. The molecule has 0 unspecified atom stereocenters. The normalized spacial score (nSPS) is 10.2. The molecule has 1 amide bonds. The second kappa shape index (κ2) is 7.03. The molecule has 0 aromatic carbocycles. The first-order chi connectivity index (χ1) is 8.15. The summed E-state index contributed by atoms with van der Waals surface area (Å²) in [5.41, 5.74) is 0. The van der Waals surface area contributed by atoms with Gasteiger partial charge in [-0.15, -0.1) is 11.3 Å². The van der Waals surface area contributed by atoms with Gasteiger partial charge in [0.15, 0.2) is 0 Å². The van der Waals surface area contributed by atoms with E-state index in [1.54, 1.807) is 0 Å². The summed E-state index contributed by atoms with van der Waals surface area (Å²) in [6.45, 7) is 3.72. The predicted molar refractivity (Wildman–Crippen MR) is 64.7 cm³/mol. The van der Waals surface area contributed by atoms with Crippen molar-refractivity contribution >= 4 is 23.2 Å². The van der Waals surface area contributed by atoms with Gasteiger partial charge in [-0.1, -0.05) is 0 Å². The summed E-state index contributed by atoms with van der Waals surface area (Å²) < 4.78 is 5.13. The van der Waals surface area contributed by atoms with Gasteiger partial charge in [0.05, 0.1) is 4.88 Å². The van der Waals surface area contributed by atoms with Crippen molar-refractivity contribution in [2.45, 2.75) is 13.3 Å². The zero-order valence-electron chi connectivity index (χ0n) is 9.56.